The highest BCUT2D eigenvalue weighted by atomic mass is 32.2. The number of nitrogens with two attached hydrogens (primary N) is 1. The van der Waals surface area contributed by atoms with Crippen molar-refractivity contribution >= 4 is 30.0 Å². The summed E-state index contributed by atoms with van der Waals surface area (Å²) in [5.41, 5.74) is 4.66. The quantitative estimate of drug-likeness (QED) is 0.458. The number of unbranched alkanes of at least 4 members (excludes halogenated alkanes) is 1. The van der Waals surface area contributed by atoms with Gasteiger partial charge in [-0.25, -0.2) is 4.79 Å². The van der Waals surface area contributed by atoms with Crippen LogP contribution in [0.3, 0.4) is 0 Å². The van der Waals surface area contributed by atoms with Crippen LogP contribution in [0.25, 0.3) is 0 Å². The lowest BCUT2D eigenvalue weighted by molar-refractivity contribution is -0.132. The molecule has 0 aromatic carbocycles. The number of rotatable bonds is 4. The summed E-state index contributed by atoms with van der Waals surface area (Å²) in [6.07, 6.45) is 3.53. The van der Waals surface area contributed by atoms with Gasteiger partial charge in [-0.2, -0.15) is 11.8 Å². The molecular formula is C17H33N5O3S. The fourth-order valence-electron chi connectivity index (χ4n) is 2.76. The second-order valence-corrected chi connectivity index (χ2v) is 7.63. The van der Waals surface area contributed by atoms with Crippen molar-refractivity contribution < 1.29 is 14.4 Å². The van der Waals surface area contributed by atoms with Gasteiger partial charge in [0.25, 0.3) is 0 Å². The number of piperazine rings is 1. The minimum atomic E-state index is 0.00491. The minimum absolute atomic E-state index is 0.00491. The molecule has 0 aromatic rings. The molecule has 3 fully saturated rings. The molecule has 0 saturated carbocycles. The second-order valence-electron chi connectivity index (χ2n) is 6.56. The van der Waals surface area contributed by atoms with E-state index < -0.39 is 0 Å². The van der Waals surface area contributed by atoms with E-state index in [0.29, 0.717) is 24.3 Å². The highest BCUT2D eigenvalue weighted by molar-refractivity contribution is 7.99. The fourth-order valence-corrected chi connectivity index (χ4v) is 4.03. The lowest BCUT2D eigenvalue weighted by atomic mass is 10.2. The molecule has 0 aliphatic carbocycles. The Bertz CT molecular complexity index is 430. The van der Waals surface area contributed by atoms with Crippen LogP contribution in [0.15, 0.2) is 0 Å². The second kappa shape index (κ2) is 12.9. The van der Waals surface area contributed by atoms with Crippen molar-refractivity contribution in [1.29, 1.82) is 0 Å². The number of thioether (sulfide) groups is 1. The number of likely N-dealkylation sites (N-methyl/N-ethyl adjacent to an activating group) is 1. The first kappa shape index (κ1) is 22.7. The Kier molecular flexibility index (Phi) is 11.3. The minimum Gasteiger partial charge on any atom is -0.340 e. The average molecular weight is 388 g/mol. The lowest BCUT2D eigenvalue weighted by Gasteiger charge is -2.32. The van der Waals surface area contributed by atoms with E-state index >= 15 is 0 Å². The number of carbonyl (C=O) groups excluding carboxylic acids is 3. The highest BCUT2D eigenvalue weighted by Crippen LogP contribution is 2.20. The van der Waals surface area contributed by atoms with Gasteiger partial charge in [0.2, 0.25) is 5.91 Å². The first-order valence-electron chi connectivity index (χ1n) is 9.26. The van der Waals surface area contributed by atoms with E-state index in [1.165, 1.54) is 0 Å². The van der Waals surface area contributed by atoms with Gasteiger partial charge in [0.05, 0.1) is 12.1 Å². The van der Waals surface area contributed by atoms with Crippen LogP contribution in [-0.2, 0) is 9.59 Å². The molecule has 3 saturated heterocycles. The summed E-state index contributed by atoms with van der Waals surface area (Å²) in [7, 11) is 2.11. The van der Waals surface area contributed by atoms with Crippen LogP contribution in [0.4, 0.5) is 4.79 Å². The fraction of sp³-hybridized carbons (Fsp3) is 0.824. The zero-order chi connectivity index (χ0) is 19.4. The maximum Gasteiger partial charge on any atom is 0.315 e. The van der Waals surface area contributed by atoms with Crippen molar-refractivity contribution in [3.63, 3.8) is 0 Å². The molecule has 2 atom stereocenters. The van der Waals surface area contributed by atoms with E-state index in [4.69, 9.17) is 4.79 Å². The summed E-state index contributed by atoms with van der Waals surface area (Å²) in [5.74, 6) is 2.49. The Morgan fingerprint density at radius 1 is 1.23 bits per heavy atom. The number of nitrogens with one attached hydrogen (secondary N) is 2. The smallest absolute Gasteiger partial charge is 0.315 e. The van der Waals surface area contributed by atoms with Crippen molar-refractivity contribution in [2.24, 2.45) is 5.73 Å². The Morgan fingerprint density at radius 3 is 2.23 bits per heavy atom. The third-order valence-corrected chi connectivity index (χ3v) is 5.60. The van der Waals surface area contributed by atoms with E-state index in [0.717, 1.165) is 56.9 Å². The molecule has 8 nitrogen and oxygen atoms in total. The third-order valence-electron chi connectivity index (χ3n) is 4.41. The van der Waals surface area contributed by atoms with Crippen LogP contribution in [0.5, 0.6) is 0 Å². The normalized spacial score (nSPS) is 24.3. The average Bonchev–Trinajstić information content (AvgIpc) is 3.21. The van der Waals surface area contributed by atoms with E-state index in [2.05, 4.69) is 35.2 Å². The Balaban J connectivity index is 0.000000224. The Labute approximate surface area is 160 Å². The van der Waals surface area contributed by atoms with Crippen LogP contribution in [-0.4, -0.2) is 91.4 Å². The van der Waals surface area contributed by atoms with Crippen molar-refractivity contribution in [2.45, 2.75) is 38.3 Å². The standard InChI is InChI=1S/C10H20N2O.C5H8N2OS.C2H5NO/c1-3-4-5-10(13)12-8-6-11(2)7-9-12;8-5-6-3-1-9-2-4(3)7-5;3-1-2-4/h3-9H2,1-2H3;3-4H,1-2H2,(H2,6,7,8);2H,1,3H2. The molecule has 3 heterocycles. The van der Waals surface area contributed by atoms with E-state index in [9.17, 15) is 9.59 Å². The molecule has 2 unspecified atom stereocenters. The van der Waals surface area contributed by atoms with Crippen molar-refractivity contribution in [3.8, 4) is 0 Å². The summed E-state index contributed by atoms with van der Waals surface area (Å²) < 4.78 is 0. The van der Waals surface area contributed by atoms with Crippen molar-refractivity contribution in [3.05, 3.63) is 0 Å². The van der Waals surface area contributed by atoms with Gasteiger partial charge in [-0.15, -0.1) is 0 Å². The molecule has 0 aromatic heterocycles. The number of aldehydes is 1. The largest absolute Gasteiger partial charge is 0.340 e. The number of urea groups is 1. The Hall–Kier alpha value is -1.32. The van der Waals surface area contributed by atoms with Crippen LogP contribution in [0.2, 0.25) is 0 Å². The predicted molar refractivity (Wildman–Crippen MR) is 105 cm³/mol. The zero-order valence-corrected chi connectivity index (χ0v) is 16.7. The molecule has 3 amide bonds. The number of nitrogens with zero attached hydrogens (tertiary/aromatic N) is 2. The topological polar surface area (TPSA) is 108 Å². The van der Waals surface area contributed by atoms with Gasteiger partial charge in [-0.3, -0.25) is 4.79 Å². The zero-order valence-electron chi connectivity index (χ0n) is 15.9. The number of hydrogen-bond acceptors (Lipinski definition) is 6. The van der Waals surface area contributed by atoms with Crippen LogP contribution >= 0.6 is 11.8 Å². The summed E-state index contributed by atoms with van der Waals surface area (Å²) in [6.45, 7) is 6.14. The van der Waals surface area contributed by atoms with Gasteiger partial charge in [0.15, 0.2) is 0 Å². The first-order valence-corrected chi connectivity index (χ1v) is 10.4. The van der Waals surface area contributed by atoms with Crippen molar-refractivity contribution in [2.75, 3.05) is 51.3 Å². The maximum atomic E-state index is 11.6. The molecule has 3 aliphatic rings. The maximum absolute atomic E-state index is 11.6. The summed E-state index contributed by atoms with van der Waals surface area (Å²) in [5, 5.41) is 5.69. The number of fused-ring (bicyclic) bond motifs is 1. The molecule has 3 rings (SSSR count). The molecule has 0 spiro atoms. The van der Waals surface area contributed by atoms with Gasteiger partial charge < -0.3 is 31.0 Å². The Morgan fingerprint density at radius 2 is 1.77 bits per heavy atom. The van der Waals surface area contributed by atoms with Gasteiger partial charge in [0, 0.05) is 50.7 Å². The van der Waals surface area contributed by atoms with Gasteiger partial charge in [-0.1, -0.05) is 13.3 Å². The van der Waals surface area contributed by atoms with E-state index in [1.54, 1.807) is 0 Å². The van der Waals surface area contributed by atoms with Gasteiger partial charge >= 0.3 is 6.03 Å². The summed E-state index contributed by atoms with van der Waals surface area (Å²) in [6, 6.07) is 0.815. The van der Waals surface area contributed by atoms with Gasteiger partial charge in [0.1, 0.15) is 6.29 Å². The molecular weight excluding hydrogens is 354 g/mol. The van der Waals surface area contributed by atoms with Crippen LogP contribution < -0.4 is 16.4 Å². The molecule has 150 valence electrons. The molecule has 0 radical (unpaired) electrons. The summed E-state index contributed by atoms with van der Waals surface area (Å²) in [4.78, 5) is 35.5. The monoisotopic (exact) mass is 387 g/mol. The predicted octanol–water partition coefficient (Wildman–Crippen LogP) is -0.122. The number of carbonyl (C=O) groups is 3. The van der Waals surface area contributed by atoms with E-state index in [-0.39, 0.29) is 12.6 Å². The third kappa shape index (κ3) is 8.37. The van der Waals surface area contributed by atoms with E-state index in [1.807, 2.05) is 16.7 Å². The summed E-state index contributed by atoms with van der Waals surface area (Å²) >= 11 is 1.89. The molecule has 0 bridgehead atoms. The van der Waals surface area contributed by atoms with Crippen LogP contribution in [0.1, 0.15) is 26.2 Å². The van der Waals surface area contributed by atoms with Gasteiger partial charge in [-0.05, 0) is 13.5 Å². The van der Waals surface area contributed by atoms with Crippen molar-refractivity contribution in [1.82, 2.24) is 20.4 Å². The number of hydrogen-bond donors (Lipinski definition) is 3. The molecule has 26 heavy (non-hydrogen) atoms. The van der Waals surface area contributed by atoms with Crippen LogP contribution in [0, 0.1) is 0 Å². The SMILES string of the molecule is CCCCC(=O)N1CCN(C)CC1.NCC=O.O=C1NC2CSCC2N1. The molecule has 4 N–H and O–H groups in total. The first-order chi connectivity index (χ1) is 12.5. The molecule has 9 heteroatoms. The lowest BCUT2D eigenvalue weighted by Crippen LogP contribution is -2.47. The number of amides is 3. The molecule has 3 aliphatic heterocycles. The highest BCUT2D eigenvalue weighted by Gasteiger charge is 2.35.